The minimum Gasteiger partial charge on any atom is -0.507 e. The van der Waals surface area contributed by atoms with Gasteiger partial charge < -0.3 is 39.0 Å². The van der Waals surface area contributed by atoms with Crippen LogP contribution in [-0.4, -0.2) is 56.5 Å². The van der Waals surface area contributed by atoms with E-state index in [0.717, 1.165) is 23.2 Å². The van der Waals surface area contributed by atoms with Crippen molar-refractivity contribution in [3.05, 3.63) is 52.6 Å². The van der Waals surface area contributed by atoms with Crippen LogP contribution < -0.4 is 29.0 Å². The highest BCUT2D eigenvalue weighted by atomic mass is 16.5. The molecular weight excluding hydrogens is 490 g/mol. The zero-order valence-corrected chi connectivity index (χ0v) is 22.0. The molecule has 0 fully saturated rings. The molecule has 2 atom stereocenters. The molecule has 0 saturated carbocycles. The van der Waals surface area contributed by atoms with Crippen molar-refractivity contribution in [2.45, 2.75) is 31.8 Å². The minimum absolute atomic E-state index is 0.0733. The number of ether oxygens (including phenoxy) is 5. The third kappa shape index (κ3) is 4.31. The molecule has 0 amide bonds. The molecule has 2 unspecified atom stereocenters. The van der Waals surface area contributed by atoms with Crippen LogP contribution in [0.4, 0.5) is 0 Å². The van der Waals surface area contributed by atoms with Crippen LogP contribution in [0.15, 0.2) is 30.3 Å². The number of phenolic OH excluding ortho intramolecular Hbond substituents is 2. The summed E-state index contributed by atoms with van der Waals surface area (Å²) in [5.74, 6) is 1.77. The Hall–Kier alpha value is -3.82. The van der Waals surface area contributed by atoms with Crippen LogP contribution in [0.1, 0.15) is 41.2 Å². The van der Waals surface area contributed by atoms with Gasteiger partial charge in [0.05, 0.1) is 34.0 Å². The highest BCUT2D eigenvalue weighted by Gasteiger charge is 2.37. The number of benzene rings is 3. The average Bonchev–Trinajstić information content (AvgIpc) is 2.92. The second kappa shape index (κ2) is 10.5. The van der Waals surface area contributed by atoms with Gasteiger partial charge in [-0.05, 0) is 54.3 Å². The number of methoxy groups -OCH3 is 3. The van der Waals surface area contributed by atoms with E-state index in [2.05, 4.69) is 5.32 Å². The van der Waals surface area contributed by atoms with Gasteiger partial charge in [0.25, 0.3) is 0 Å². The van der Waals surface area contributed by atoms with Crippen LogP contribution in [0.2, 0.25) is 0 Å². The van der Waals surface area contributed by atoms with Crippen molar-refractivity contribution < 1.29 is 39.0 Å². The zero-order valence-electron chi connectivity index (χ0n) is 22.0. The fraction of sp³-hybridized carbons (Fsp3) is 0.379. The maximum absolute atomic E-state index is 11.7. The Morgan fingerprint density at radius 3 is 2.26 bits per heavy atom. The lowest BCUT2D eigenvalue weighted by Crippen LogP contribution is -2.26. The zero-order chi connectivity index (χ0) is 27.0. The third-order valence-electron chi connectivity index (χ3n) is 7.33. The van der Waals surface area contributed by atoms with Crippen molar-refractivity contribution in [3.63, 3.8) is 0 Å². The number of fused-ring (bicyclic) bond motifs is 5. The molecule has 202 valence electrons. The summed E-state index contributed by atoms with van der Waals surface area (Å²) >= 11 is 0. The lowest BCUT2D eigenvalue weighted by molar-refractivity contribution is 0.0875. The topological polar surface area (TPSA) is 119 Å². The number of aliphatic hydroxyl groups excluding tert-OH is 1. The average molecular weight is 524 g/mol. The summed E-state index contributed by atoms with van der Waals surface area (Å²) < 4.78 is 28.3. The van der Waals surface area contributed by atoms with Gasteiger partial charge in [-0.3, -0.25) is 5.32 Å². The maximum Gasteiger partial charge on any atom is 0.200 e. The molecule has 0 radical (unpaired) electrons. The Labute approximate surface area is 221 Å². The summed E-state index contributed by atoms with van der Waals surface area (Å²) in [4.78, 5) is 0. The van der Waals surface area contributed by atoms with E-state index in [1.165, 1.54) is 14.2 Å². The predicted molar refractivity (Wildman–Crippen MR) is 141 cm³/mol. The largest absolute Gasteiger partial charge is 0.507 e. The smallest absolute Gasteiger partial charge is 0.200 e. The number of rotatable bonds is 8. The molecule has 38 heavy (non-hydrogen) atoms. The fourth-order valence-corrected chi connectivity index (χ4v) is 5.45. The maximum atomic E-state index is 11.7. The van der Waals surface area contributed by atoms with Gasteiger partial charge in [-0.15, -0.1) is 0 Å². The van der Waals surface area contributed by atoms with E-state index >= 15 is 0 Å². The molecule has 1 aliphatic heterocycles. The molecule has 0 aromatic heterocycles. The van der Waals surface area contributed by atoms with E-state index in [4.69, 9.17) is 23.7 Å². The molecule has 4 N–H and O–H groups in total. The van der Waals surface area contributed by atoms with Crippen molar-refractivity contribution in [2.24, 2.45) is 0 Å². The van der Waals surface area contributed by atoms with E-state index in [1.54, 1.807) is 25.3 Å². The summed E-state index contributed by atoms with van der Waals surface area (Å²) in [5, 5.41) is 36.3. The van der Waals surface area contributed by atoms with Crippen molar-refractivity contribution in [2.75, 3.05) is 41.2 Å². The van der Waals surface area contributed by atoms with Crippen LogP contribution in [0, 0.1) is 0 Å². The molecular formula is C29H33NO8. The Bertz CT molecular complexity index is 1330. The summed E-state index contributed by atoms with van der Waals surface area (Å²) in [7, 11) is 4.54. The first-order valence-corrected chi connectivity index (χ1v) is 12.6. The number of aliphatic hydroxyl groups is 1. The molecule has 9 nitrogen and oxygen atoms in total. The normalized spacial score (nSPS) is 17.5. The predicted octanol–water partition coefficient (Wildman–Crippen LogP) is 4.04. The summed E-state index contributed by atoms with van der Waals surface area (Å²) in [6.45, 7) is 3.29. The standard InChI is InChI=1S/C29H33NO8/c1-5-30-14-38-16-10-19-17(22(11-16)34-2)6-7-18-26(19)21(31)12-23-27(18)28(32)20(13-37-23)15-8-24(35-3)29(33)25(9-15)36-4/h8-12,20,28,30-33H,5-7,13-14H2,1-4H3. The van der Waals surface area contributed by atoms with E-state index in [-0.39, 0.29) is 29.6 Å². The van der Waals surface area contributed by atoms with Crippen LogP contribution in [-0.2, 0) is 12.8 Å². The first kappa shape index (κ1) is 25.8. The van der Waals surface area contributed by atoms with Crippen LogP contribution >= 0.6 is 0 Å². The summed E-state index contributed by atoms with van der Waals surface area (Å²) in [5.41, 5.74) is 4.59. The Balaban J connectivity index is 1.61. The first-order chi connectivity index (χ1) is 18.4. The molecule has 0 bridgehead atoms. The second-order valence-corrected chi connectivity index (χ2v) is 9.34. The highest BCUT2D eigenvalue weighted by molar-refractivity contribution is 5.84. The van der Waals surface area contributed by atoms with Gasteiger partial charge in [0.15, 0.2) is 11.5 Å². The quantitative estimate of drug-likeness (QED) is 0.256. The van der Waals surface area contributed by atoms with Crippen molar-refractivity contribution in [3.8, 4) is 51.4 Å². The van der Waals surface area contributed by atoms with Crippen LogP contribution in [0.25, 0.3) is 11.1 Å². The van der Waals surface area contributed by atoms with Crippen LogP contribution in [0.3, 0.4) is 0 Å². The molecule has 1 aliphatic carbocycles. The Morgan fingerprint density at radius 1 is 0.921 bits per heavy atom. The Kier molecular flexibility index (Phi) is 7.14. The van der Waals surface area contributed by atoms with Gasteiger partial charge in [0.2, 0.25) is 5.75 Å². The van der Waals surface area contributed by atoms with Crippen molar-refractivity contribution in [1.82, 2.24) is 5.32 Å². The molecule has 2 aliphatic rings. The number of hydrogen-bond donors (Lipinski definition) is 4. The van der Waals surface area contributed by atoms with Gasteiger partial charge in [0, 0.05) is 34.7 Å². The van der Waals surface area contributed by atoms with Gasteiger partial charge in [-0.1, -0.05) is 6.92 Å². The highest BCUT2D eigenvalue weighted by Crippen LogP contribution is 2.53. The molecule has 9 heteroatoms. The fourth-order valence-electron chi connectivity index (χ4n) is 5.45. The molecule has 3 aromatic rings. The molecule has 3 aromatic carbocycles. The van der Waals surface area contributed by atoms with Gasteiger partial charge >= 0.3 is 0 Å². The SMILES string of the molecule is CCNCOc1cc(OC)c2c(c1)-c1c(O)cc3c(c1CC2)C(O)C(c1cc(OC)c(O)c(OC)c1)CO3. The monoisotopic (exact) mass is 523 g/mol. The number of phenols is 2. The number of nitrogens with one attached hydrogen (secondary N) is 1. The minimum atomic E-state index is -0.927. The van der Waals surface area contributed by atoms with E-state index in [1.807, 2.05) is 19.1 Å². The lowest BCUT2D eigenvalue weighted by atomic mass is 9.77. The second-order valence-electron chi connectivity index (χ2n) is 9.34. The first-order valence-electron chi connectivity index (χ1n) is 12.6. The summed E-state index contributed by atoms with van der Waals surface area (Å²) in [6, 6.07) is 8.69. The van der Waals surface area contributed by atoms with E-state index in [9.17, 15) is 15.3 Å². The van der Waals surface area contributed by atoms with Gasteiger partial charge in [0.1, 0.15) is 29.7 Å². The Morgan fingerprint density at radius 2 is 1.61 bits per heavy atom. The molecule has 0 spiro atoms. The van der Waals surface area contributed by atoms with Crippen molar-refractivity contribution in [1.29, 1.82) is 0 Å². The number of hydrogen-bond acceptors (Lipinski definition) is 9. The third-order valence-corrected chi connectivity index (χ3v) is 7.33. The van der Waals surface area contributed by atoms with E-state index in [0.29, 0.717) is 53.5 Å². The molecule has 5 rings (SSSR count). The van der Waals surface area contributed by atoms with E-state index < -0.39 is 12.0 Å². The van der Waals surface area contributed by atoms with Crippen LogP contribution in [0.5, 0.6) is 40.2 Å². The lowest BCUT2D eigenvalue weighted by Gasteiger charge is -2.35. The summed E-state index contributed by atoms with van der Waals surface area (Å²) in [6.07, 6.45) is 0.318. The number of aromatic hydroxyl groups is 2. The van der Waals surface area contributed by atoms with Crippen molar-refractivity contribution >= 4 is 0 Å². The van der Waals surface area contributed by atoms with Gasteiger partial charge in [-0.25, -0.2) is 0 Å². The molecule has 0 saturated heterocycles. The molecule has 1 heterocycles. The van der Waals surface area contributed by atoms with Gasteiger partial charge in [-0.2, -0.15) is 0 Å².